The van der Waals surface area contributed by atoms with Crippen LogP contribution in [0.2, 0.25) is 0 Å². The number of nitrogens with two attached hydrogens (primary N) is 1. The molecular formula is C15H21N3O. The van der Waals surface area contributed by atoms with Crippen molar-refractivity contribution in [3.05, 3.63) is 51.4 Å². The van der Waals surface area contributed by atoms with Crippen LogP contribution in [0.15, 0.2) is 29.1 Å². The number of nitrogens with one attached hydrogen (secondary N) is 1. The van der Waals surface area contributed by atoms with Gasteiger partial charge in [-0.15, -0.1) is 0 Å². The first kappa shape index (κ1) is 13.5. The second kappa shape index (κ2) is 5.34. The van der Waals surface area contributed by atoms with Gasteiger partial charge in [0.05, 0.1) is 12.2 Å². The van der Waals surface area contributed by atoms with Crippen LogP contribution in [-0.2, 0) is 13.0 Å². The summed E-state index contributed by atoms with van der Waals surface area (Å²) < 4.78 is 1.59. The molecule has 4 heteroatoms. The molecule has 0 aliphatic heterocycles. The minimum absolute atomic E-state index is 0.128. The third-order valence-corrected chi connectivity index (χ3v) is 3.11. The zero-order valence-electron chi connectivity index (χ0n) is 11.7. The maximum atomic E-state index is 12.1. The SMILES string of the molecule is Cc1cccc(Cn2[nH]c(CC(C)C)c(N)c2=O)c1. The Balaban J connectivity index is 2.28. The minimum Gasteiger partial charge on any atom is -0.393 e. The van der Waals surface area contributed by atoms with Crippen molar-refractivity contribution in [1.29, 1.82) is 0 Å². The third kappa shape index (κ3) is 3.08. The summed E-state index contributed by atoms with van der Waals surface area (Å²) in [5.74, 6) is 0.466. The van der Waals surface area contributed by atoms with Gasteiger partial charge in [0.1, 0.15) is 5.69 Å². The quantitative estimate of drug-likeness (QED) is 0.885. The van der Waals surface area contributed by atoms with E-state index in [1.54, 1.807) is 4.68 Å². The van der Waals surface area contributed by atoms with Crippen LogP contribution < -0.4 is 11.3 Å². The van der Waals surface area contributed by atoms with E-state index >= 15 is 0 Å². The number of aromatic amines is 1. The van der Waals surface area contributed by atoms with Crippen molar-refractivity contribution in [2.45, 2.75) is 33.7 Å². The highest BCUT2D eigenvalue weighted by Crippen LogP contribution is 2.11. The smallest absolute Gasteiger partial charge is 0.290 e. The second-order valence-corrected chi connectivity index (χ2v) is 5.48. The number of nitrogens with zero attached hydrogens (tertiary/aromatic N) is 1. The predicted molar refractivity (Wildman–Crippen MR) is 78.3 cm³/mol. The van der Waals surface area contributed by atoms with Gasteiger partial charge in [0.2, 0.25) is 0 Å². The van der Waals surface area contributed by atoms with Gasteiger partial charge in [-0.2, -0.15) is 0 Å². The molecule has 0 unspecified atom stereocenters. The molecule has 0 saturated carbocycles. The van der Waals surface area contributed by atoms with E-state index in [1.165, 1.54) is 5.56 Å². The van der Waals surface area contributed by atoms with E-state index < -0.39 is 0 Å². The lowest BCUT2D eigenvalue weighted by Crippen LogP contribution is -2.19. The van der Waals surface area contributed by atoms with Crippen LogP contribution in [0.5, 0.6) is 0 Å². The molecule has 0 saturated heterocycles. The number of anilines is 1. The number of aryl methyl sites for hydroxylation is 1. The van der Waals surface area contributed by atoms with Gasteiger partial charge in [-0.3, -0.25) is 9.89 Å². The molecule has 3 N–H and O–H groups in total. The van der Waals surface area contributed by atoms with Crippen LogP contribution in [0.4, 0.5) is 5.69 Å². The zero-order valence-corrected chi connectivity index (χ0v) is 11.7. The number of rotatable bonds is 4. The van der Waals surface area contributed by atoms with Crippen LogP contribution in [-0.4, -0.2) is 9.78 Å². The van der Waals surface area contributed by atoms with Gasteiger partial charge in [0, 0.05) is 0 Å². The third-order valence-electron chi connectivity index (χ3n) is 3.11. The molecule has 0 aliphatic rings. The van der Waals surface area contributed by atoms with Gasteiger partial charge in [0.25, 0.3) is 5.56 Å². The summed E-state index contributed by atoms with van der Waals surface area (Å²) in [6.45, 7) is 6.79. The van der Waals surface area contributed by atoms with E-state index in [-0.39, 0.29) is 5.56 Å². The standard InChI is InChI=1S/C15H21N3O/c1-10(2)7-13-14(16)15(19)18(17-13)9-12-6-4-5-11(3)8-12/h4-6,8,10,17H,7,9,16H2,1-3H3. The van der Waals surface area contributed by atoms with Gasteiger partial charge in [-0.25, -0.2) is 4.68 Å². The monoisotopic (exact) mass is 259 g/mol. The number of aromatic nitrogens is 2. The highest BCUT2D eigenvalue weighted by Gasteiger charge is 2.12. The van der Waals surface area contributed by atoms with Crippen molar-refractivity contribution in [2.75, 3.05) is 5.73 Å². The Morgan fingerprint density at radius 2 is 2.11 bits per heavy atom. The Morgan fingerprint density at radius 3 is 2.74 bits per heavy atom. The van der Waals surface area contributed by atoms with Crippen LogP contribution in [0.3, 0.4) is 0 Å². The van der Waals surface area contributed by atoms with E-state index in [1.807, 2.05) is 25.1 Å². The van der Waals surface area contributed by atoms with E-state index in [9.17, 15) is 4.79 Å². The lowest BCUT2D eigenvalue weighted by Gasteiger charge is -2.04. The number of H-pyrrole nitrogens is 1. The van der Waals surface area contributed by atoms with Crippen LogP contribution in [0.25, 0.3) is 0 Å². The molecule has 4 nitrogen and oxygen atoms in total. The normalized spacial score (nSPS) is 11.2. The highest BCUT2D eigenvalue weighted by atomic mass is 16.1. The van der Waals surface area contributed by atoms with Gasteiger partial charge >= 0.3 is 0 Å². The molecule has 1 heterocycles. The Bertz CT molecular complexity index is 623. The fourth-order valence-electron chi connectivity index (χ4n) is 2.22. The summed E-state index contributed by atoms with van der Waals surface area (Å²) in [4.78, 5) is 12.1. The van der Waals surface area contributed by atoms with Crippen molar-refractivity contribution < 1.29 is 0 Å². The molecule has 0 bridgehead atoms. The largest absolute Gasteiger partial charge is 0.393 e. The van der Waals surface area contributed by atoms with Crippen molar-refractivity contribution in [2.24, 2.45) is 5.92 Å². The molecular weight excluding hydrogens is 238 g/mol. The molecule has 1 aromatic heterocycles. The second-order valence-electron chi connectivity index (χ2n) is 5.48. The van der Waals surface area contributed by atoms with Crippen LogP contribution in [0.1, 0.15) is 30.7 Å². The Kier molecular flexibility index (Phi) is 3.79. The Labute approximate surface area is 113 Å². The fraction of sp³-hybridized carbons (Fsp3) is 0.400. The molecule has 1 aromatic carbocycles. The van der Waals surface area contributed by atoms with E-state index in [0.29, 0.717) is 18.2 Å². The van der Waals surface area contributed by atoms with Gasteiger partial charge in [-0.05, 0) is 24.8 Å². The molecule has 0 amide bonds. The van der Waals surface area contributed by atoms with Crippen molar-refractivity contribution in [1.82, 2.24) is 9.78 Å². The lowest BCUT2D eigenvalue weighted by molar-refractivity contribution is 0.603. The van der Waals surface area contributed by atoms with Crippen molar-refractivity contribution in [3.8, 4) is 0 Å². The highest BCUT2D eigenvalue weighted by molar-refractivity contribution is 5.41. The zero-order chi connectivity index (χ0) is 14.0. The van der Waals surface area contributed by atoms with Gasteiger partial charge in [-0.1, -0.05) is 43.7 Å². The Hall–Kier alpha value is -1.97. The average molecular weight is 259 g/mol. The first-order valence-corrected chi connectivity index (χ1v) is 6.60. The van der Waals surface area contributed by atoms with Crippen LogP contribution in [0, 0.1) is 12.8 Å². The molecule has 2 aromatic rings. The van der Waals surface area contributed by atoms with E-state index in [2.05, 4.69) is 25.0 Å². The molecule has 102 valence electrons. The van der Waals surface area contributed by atoms with Gasteiger partial charge in [0.15, 0.2) is 0 Å². The first-order chi connectivity index (χ1) is 8.97. The maximum absolute atomic E-state index is 12.1. The number of nitrogen functional groups attached to an aromatic ring is 1. The average Bonchev–Trinajstić information content (AvgIpc) is 2.57. The van der Waals surface area contributed by atoms with Gasteiger partial charge < -0.3 is 5.73 Å². The summed E-state index contributed by atoms with van der Waals surface area (Å²) >= 11 is 0. The summed E-state index contributed by atoms with van der Waals surface area (Å²) in [5, 5.41) is 3.13. The molecule has 0 fully saturated rings. The topological polar surface area (TPSA) is 63.8 Å². The van der Waals surface area contributed by atoms with Crippen molar-refractivity contribution in [3.63, 3.8) is 0 Å². The molecule has 0 atom stereocenters. The molecule has 0 radical (unpaired) electrons. The summed E-state index contributed by atoms with van der Waals surface area (Å²) in [6, 6.07) is 8.13. The number of hydrogen-bond acceptors (Lipinski definition) is 2. The number of benzene rings is 1. The maximum Gasteiger partial charge on any atom is 0.290 e. The molecule has 0 spiro atoms. The summed E-state index contributed by atoms with van der Waals surface area (Å²) in [5.41, 5.74) is 9.22. The summed E-state index contributed by atoms with van der Waals surface area (Å²) in [6.07, 6.45) is 0.794. The first-order valence-electron chi connectivity index (χ1n) is 6.60. The fourth-order valence-corrected chi connectivity index (χ4v) is 2.22. The van der Waals surface area contributed by atoms with E-state index in [4.69, 9.17) is 5.73 Å². The number of hydrogen-bond donors (Lipinski definition) is 2. The van der Waals surface area contributed by atoms with Crippen LogP contribution >= 0.6 is 0 Å². The Morgan fingerprint density at radius 1 is 1.37 bits per heavy atom. The molecule has 19 heavy (non-hydrogen) atoms. The molecule has 2 rings (SSSR count). The van der Waals surface area contributed by atoms with E-state index in [0.717, 1.165) is 17.7 Å². The summed E-state index contributed by atoms with van der Waals surface area (Å²) in [7, 11) is 0. The van der Waals surface area contributed by atoms with Crippen molar-refractivity contribution >= 4 is 5.69 Å². The minimum atomic E-state index is -0.128. The molecule has 0 aliphatic carbocycles. The predicted octanol–water partition coefficient (Wildman–Crippen LogP) is 2.31. The lowest BCUT2D eigenvalue weighted by atomic mass is 10.1.